The van der Waals surface area contributed by atoms with Crippen molar-refractivity contribution in [3.05, 3.63) is 29.8 Å². The van der Waals surface area contributed by atoms with Gasteiger partial charge in [-0.2, -0.15) is 0 Å². The molecule has 0 saturated carbocycles. The number of anilines is 1. The molecule has 1 aromatic rings. The minimum Gasteiger partial charge on any atom is -0.371 e. The Balaban J connectivity index is 1.25. The van der Waals surface area contributed by atoms with Crippen molar-refractivity contribution in [2.75, 3.05) is 57.8 Å². The smallest absolute Gasteiger partial charge is 0.0366 e. The molecular weight excluding hydrogens is 282 g/mol. The zero-order valence-electron chi connectivity index (χ0n) is 14.8. The third kappa shape index (κ3) is 3.27. The minimum absolute atomic E-state index is 0.682. The number of aryl methyl sites for hydroxylation is 1. The van der Waals surface area contributed by atoms with E-state index in [0.717, 1.165) is 5.92 Å². The highest BCUT2D eigenvalue weighted by molar-refractivity contribution is 5.48. The fraction of sp³-hybridized carbons (Fsp3) is 0.700. The third-order valence-corrected chi connectivity index (χ3v) is 6.37. The van der Waals surface area contributed by atoms with E-state index in [4.69, 9.17) is 0 Å². The molecule has 3 nitrogen and oxygen atoms in total. The standard InChI is InChI=1S/C20H31N3/c1-17-3-5-19(6-4-17)23-10-7-18(14-23)13-22-15-20(16-22)8-11-21(2)12-9-20/h3-6,18H,7-16H2,1-2H3. The second-order valence-electron chi connectivity index (χ2n) is 8.41. The molecule has 0 radical (unpaired) electrons. The highest BCUT2D eigenvalue weighted by Gasteiger charge is 2.44. The molecule has 1 atom stereocenters. The van der Waals surface area contributed by atoms with E-state index in [1.807, 2.05) is 0 Å². The van der Waals surface area contributed by atoms with Crippen LogP contribution in [0.2, 0.25) is 0 Å². The Bertz CT molecular complexity index is 522. The summed E-state index contributed by atoms with van der Waals surface area (Å²) in [5, 5.41) is 0. The Labute approximate surface area is 141 Å². The van der Waals surface area contributed by atoms with Crippen LogP contribution in [0.5, 0.6) is 0 Å². The van der Waals surface area contributed by atoms with E-state index in [1.165, 1.54) is 76.3 Å². The van der Waals surface area contributed by atoms with Gasteiger partial charge in [-0.1, -0.05) is 17.7 Å². The number of likely N-dealkylation sites (tertiary alicyclic amines) is 2. The molecule has 0 aliphatic carbocycles. The van der Waals surface area contributed by atoms with Crippen LogP contribution in [0, 0.1) is 18.3 Å². The first-order chi connectivity index (χ1) is 11.1. The van der Waals surface area contributed by atoms with Gasteiger partial charge < -0.3 is 14.7 Å². The summed E-state index contributed by atoms with van der Waals surface area (Å²) in [7, 11) is 2.27. The highest BCUT2D eigenvalue weighted by Crippen LogP contribution is 2.40. The summed E-state index contributed by atoms with van der Waals surface area (Å²) in [5.41, 5.74) is 3.45. The fourth-order valence-corrected chi connectivity index (χ4v) is 4.78. The Morgan fingerprint density at radius 2 is 1.74 bits per heavy atom. The summed E-state index contributed by atoms with van der Waals surface area (Å²) in [6.45, 7) is 11.3. The summed E-state index contributed by atoms with van der Waals surface area (Å²) >= 11 is 0. The average Bonchev–Trinajstić information content (AvgIpc) is 2.97. The molecule has 3 aliphatic rings. The largest absolute Gasteiger partial charge is 0.371 e. The van der Waals surface area contributed by atoms with Gasteiger partial charge in [-0.3, -0.25) is 0 Å². The summed E-state index contributed by atoms with van der Waals surface area (Å²) in [4.78, 5) is 7.80. The Morgan fingerprint density at radius 1 is 1.04 bits per heavy atom. The van der Waals surface area contributed by atoms with Gasteiger partial charge in [-0.15, -0.1) is 0 Å². The van der Waals surface area contributed by atoms with Crippen molar-refractivity contribution in [1.29, 1.82) is 0 Å². The van der Waals surface area contributed by atoms with E-state index in [1.54, 1.807) is 0 Å². The van der Waals surface area contributed by atoms with Crippen LogP contribution < -0.4 is 4.90 Å². The molecule has 3 aliphatic heterocycles. The maximum atomic E-state index is 2.73. The normalized spacial score (nSPS) is 28.3. The van der Waals surface area contributed by atoms with Crippen molar-refractivity contribution in [2.24, 2.45) is 11.3 Å². The lowest BCUT2D eigenvalue weighted by atomic mass is 9.72. The maximum absolute atomic E-state index is 2.73. The van der Waals surface area contributed by atoms with Gasteiger partial charge in [0.2, 0.25) is 0 Å². The number of hydrogen-bond donors (Lipinski definition) is 0. The van der Waals surface area contributed by atoms with E-state index in [-0.39, 0.29) is 0 Å². The lowest BCUT2D eigenvalue weighted by Crippen LogP contribution is -2.60. The van der Waals surface area contributed by atoms with E-state index in [9.17, 15) is 0 Å². The van der Waals surface area contributed by atoms with Gasteiger partial charge in [0, 0.05) is 38.4 Å². The SMILES string of the molecule is Cc1ccc(N2CCC(CN3CC4(CCN(C)CC4)C3)C2)cc1. The van der Waals surface area contributed by atoms with Gasteiger partial charge >= 0.3 is 0 Å². The first kappa shape index (κ1) is 15.5. The molecule has 23 heavy (non-hydrogen) atoms. The zero-order valence-corrected chi connectivity index (χ0v) is 14.8. The average molecular weight is 313 g/mol. The fourth-order valence-electron chi connectivity index (χ4n) is 4.78. The van der Waals surface area contributed by atoms with Crippen molar-refractivity contribution in [1.82, 2.24) is 9.80 Å². The Morgan fingerprint density at radius 3 is 2.43 bits per heavy atom. The predicted octanol–water partition coefficient (Wildman–Crippen LogP) is 2.85. The van der Waals surface area contributed by atoms with E-state index < -0.39 is 0 Å². The van der Waals surface area contributed by atoms with Gasteiger partial charge in [0.05, 0.1) is 0 Å². The number of hydrogen-bond acceptors (Lipinski definition) is 3. The molecule has 3 heteroatoms. The van der Waals surface area contributed by atoms with Gasteiger partial charge in [0.1, 0.15) is 0 Å². The molecule has 1 unspecified atom stereocenters. The molecule has 3 fully saturated rings. The van der Waals surface area contributed by atoms with Crippen LogP contribution in [0.3, 0.4) is 0 Å². The van der Waals surface area contributed by atoms with Crippen molar-refractivity contribution in [2.45, 2.75) is 26.2 Å². The van der Waals surface area contributed by atoms with Crippen LogP contribution in [0.1, 0.15) is 24.8 Å². The Hall–Kier alpha value is -1.06. The van der Waals surface area contributed by atoms with Crippen LogP contribution in [-0.2, 0) is 0 Å². The second kappa shape index (κ2) is 6.10. The van der Waals surface area contributed by atoms with Crippen LogP contribution >= 0.6 is 0 Å². The lowest BCUT2D eigenvalue weighted by molar-refractivity contribution is -0.0481. The summed E-state index contributed by atoms with van der Waals surface area (Å²) in [6.07, 6.45) is 4.19. The number of piperidine rings is 1. The van der Waals surface area contributed by atoms with Crippen molar-refractivity contribution < 1.29 is 0 Å². The number of nitrogens with zero attached hydrogens (tertiary/aromatic N) is 3. The number of rotatable bonds is 3. The molecule has 3 saturated heterocycles. The summed E-state index contributed by atoms with van der Waals surface area (Å²) in [6, 6.07) is 9.05. The summed E-state index contributed by atoms with van der Waals surface area (Å²) in [5.74, 6) is 0.861. The summed E-state index contributed by atoms with van der Waals surface area (Å²) < 4.78 is 0. The minimum atomic E-state index is 0.682. The molecule has 0 aromatic heterocycles. The van der Waals surface area contributed by atoms with Crippen LogP contribution in [0.4, 0.5) is 5.69 Å². The zero-order chi connectivity index (χ0) is 15.9. The molecule has 0 amide bonds. The van der Waals surface area contributed by atoms with E-state index in [2.05, 4.69) is 52.9 Å². The van der Waals surface area contributed by atoms with Crippen LogP contribution in [-0.4, -0.2) is 62.7 Å². The molecule has 0 bridgehead atoms. The van der Waals surface area contributed by atoms with Crippen LogP contribution in [0.25, 0.3) is 0 Å². The molecule has 3 heterocycles. The van der Waals surface area contributed by atoms with Gasteiger partial charge in [-0.25, -0.2) is 0 Å². The predicted molar refractivity (Wildman–Crippen MR) is 97.1 cm³/mol. The second-order valence-corrected chi connectivity index (χ2v) is 8.41. The lowest BCUT2D eigenvalue weighted by Gasteiger charge is -2.54. The number of benzene rings is 1. The van der Waals surface area contributed by atoms with E-state index >= 15 is 0 Å². The first-order valence-corrected chi connectivity index (χ1v) is 9.34. The van der Waals surface area contributed by atoms with Crippen molar-refractivity contribution >= 4 is 5.69 Å². The van der Waals surface area contributed by atoms with Crippen molar-refractivity contribution in [3.8, 4) is 0 Å². The molecular formula is C20H31N3. The molecule has 0 N–H and O–H groups in total. The molecule has 4 rings (SSSR count). The Kier molecular flexibility index (Phi) is 4.10. The monoisotopic (exact) mass is 313 g/mol. The first-order valence-electron chi connectivity index (χ1n) is 9.34. The van der Waals surface area contributed by atoms with Gasteiger partial charge in [-0.05, 0) is 69.8 Å². The van der Waals surface area contributed by atoms with Gasteiger partial charge in [0.15, 0.2) is 0 Å². The molecule has 126 valence electrons. The van der Waals surface area contributed by atoms with E-state index in [0.29, 0.717) is 5.41 Å². The van der Waals surface area contributed by atoms with Gasteiger partial charge in [0.25, 0.3) is 0 Å². The third-order valence-electron chi connectivity index (χ3n) is 6.37. The molecule has 1 aromatic carbocycles. The highest BCUT2D eigenvalue weighted by atomic mass is 15.2. The maximum Gasteiger partial charge on any atom is 0.0366 e. The molecule has 1 spiro atoms. The van der Waals surface area contributed by atoms with Crippen molar-refractivity contribution in [3.63, 3.8) is 0 Å². The van der Waals surface area contributed by atoms with Crippen LogP contribution in [0.15, 0.2) is 24.3 Å². The topological polar surface area (TPSA) is 9.72 Å². The quantitative estimate of drug-likeness (QED) is 0.849.